The molecule has 11 heteroatoms. The molecule has 3 heterocycles. The summed E-state index contributed by atoms with van der Waals surface area (Å²) in [7, 11) is 0. The van der Waals surface area contributed by atoms with Crippen LogP contribution >= 0.6 is 23.2 Å². The Kier molecular flexibility index (Phi) is 6.30. The van der Waals surface area contributed by atoms with Gasteiger partial charge in [0.2, 0.25) is 0 Å². The first-order valence-electron chi connectivity index (χ1n) is 10.8. The van der Waals surface area contributed by atoms with Crippen molar-refractivity contribution >= 4 is 29.1 Å². The zero-order chi connectivity index (χ0) is 23.7. The third-order valence-corrected chi connectivity index (χ3v) is 6.38. The number of likely N-dealkylation sites (tertiary alicyclic amines) is 1. The molecule has 4 aromatic rings. The third kappa shape index (κ3) is 4.53. The van der Waals surface area contributed by atoms with Gasteiger partial charge in [0.25, 0.3) is 5.91 Å². The van der Waals surface area contributed by atoms with Gasteiger partial charge in [-0.2, -0.15) is 15.0 Å². The van der Waals surface area contributed by atoms with Crippen LogP contribution in [0.15, 0.2) is 54.9 Å². The van der Waals surface area contributed by atoms with Crippen LogP contribution in [0.2, 0.25) is 10.0 Å². The van der Waals surface area contributed by atoms with Crippen LogP contribution in [0.3, 0.4) is 0 Å². The third-order valence-electron chi connectivity index (χ3n) is 5.90. The van der Waals surface area contributed by atoms with Gasteiger partial charge in [0.15, 0.2) is 5.82 Å². The van der Waals surface area contributed by atoms with Gasteiger partial charge in [-0.25, -0.2) is 4.39 Å². The Morgan fingerprint density at radius 1 is 0.971 bits per heavy atom. The van der Waals surface area contributed by atoms with Gasteiger partial charge in [0, 0.05) is 34.7 Å². The molecule has 2 aromatic carbocycles. The lowest BCUT2D eigenvalue weighted by molar-refractivity contribution is 0.0706. The van der Waals surface area contributed by atoms with E-state index in [0.29, 0.717) is 48.3 Å². The first-order valence-corrected chi connectivity index (χ1v) is 11.5. The van der Waals surface area contributed by atoms with Crippen molar-refractivity contribution in [3.8, 4) is 5.69 Å². The van der Waals surface area contributed by atoms with Crippen LogP contribution in [-0.2, 0) is 6.54 Å². The highest BCUT2D eigenvalue weighted by Gasteiger charge is 2.30. The molecule has 0 saturated carbocycles. The lowest BCUT2D eigenvalue weighted by Gasteiger charge is -2.32. The number of hydrogen-bond donors (Lipinski definition) is 0. The Balaban J connectivity index is 1.39. The van der Waals surface area contributed by atoms with Gasteiger partial charge in [0.05, 0.1) is 18.0 Å². The maximum Gasteiger partial charge on any atom is 0.256 e. The molecular formula is C23H20Cl2FN7O. The summed E-state index contributed by atoms with van der Waals surface area (Å²) in [5.74, 6) is 0.619. The molecule has 34 heavy (non-hydrogen) atoms. The maximum atomic E-state index is 14.2. The highest BCUT2D eigenvalue weighted by Crippen LogP contribution is 2.31. The molecule has 0 spiro atoms. The van der Waals surface area contributed by atoms with Crippen LogP contribution in [0.5, 0.6) is 0 Å². The van der Waals surface area contributed by atoms with Gasteiger partial charge in [0.1, 0.15) is 18.2 Å². The van der Waals surface area contributed by atoms with Crippen molar-refractivity contribution in [2.24, 2.45) is 0 Å². The molecule has 0 atom stereocenters. The van der Waals surface area contributed by atoms with Crippen molar-refractivity contribution in [3.63, 3.8) is 0 Å². The fourth-order valence-corrected chi connectivity index (χ4v) is 4.49. The number of hydrogen-bond acceptors (Lipinski definition) is 5. The van der Waals surface area contributed by atoms with Crippen molar-refractivity contribution < 1.29 is 9.18 Å². The molecule has 174 valence electrons. The summed E-state index contributed by atoms with van der Waals surface area (Å²) < 4.78 is 16.2. The molecule has 0 bridgehead atoms. The van der Waals surface area contributed by atoms with Crippen LogP contribution < -0.4 is 0 Å². The Morgan fingerprint density at radius 3 is 2.35 bits per heavy atom. The number of nitrogens with zero attached hydrogens (tertiary/aromatic N) is 7. The summed E-state index contributed by atoms with van der Waals surface area (Å²) in [6.07, 6.45) is 4.55. The van der Waals surface area contributed by atoms with Crippen LogP contribution in [0.25, 0.3) is 5.69 Å². The predicted octanol–water partition coefficient (Wildman–Crippen LogP) is 4.37. The lowest BCUT2D eigenvalue weighted by Crippen LogP contribution is -2.38. The second kappa shape index (κ2) is 9.52. The number of carbonyl (C=O) groups is 1. The highest BCUT2D eigenvalue weighted by atomic mass is 35.5. The van der Waals surface area contributed by atoms with E-state index >= 15 is 0 Å². The van der Waals surface area contributed by atoms with Gasteiger partial charge in [-0.05, 0) is 55.3 Å². The summed E-state index contributed by atoms with van der Waals surface area (Å²) in [4.78, 5) is 16.1. The molecule has 0 unspecified atom stereocenters. The first-order chi connectivity index (χ1) is 16.5. The molecule has 2 aromatic heterocycles. The normalized spacial score (nSPS) is 14.5. The smallest absolute Gasteiger partial charge is 0.256 e. The van der Waals surface area contributed by atoms with Crippen molar-refractivity contribution in [2.45, 2.75) is 25.3 Å². The minimum atomic E-state index is -0.573. The van der Waals surface area contributed by atoms with E-state index in [4.69, 9.17) is 23.2 Å². The van der Waals surface area contributed by atoms with Crippen molar-refractivity contribution in [2.75, 3.05) is 13.1 Å². The van der Waals surface area contributed by atoms with Gasteiger partial charge >= 0.3 is 0 Å². The minimum absolute atomic E-state index is 0.00992. The zero-order valence-electron chi connectivity index (χ0n) is 18.0. The number of aromatic nitrogens is 6. The van der Waals surface area contributed by atoms with Crippen molar-refractivity contribution in [1.82, 2.24) is 34.7 Å². The quantitative estimate of drug-likeness (QED) is 0.407. The lowest BCUT2D eigenvalue weighted by atomic mass is 9.95. The molecule has 1 fully saturated rings. The SMILES string of the molecule is O=C(c1cc(Cl)ccc1F)N1CCC(c2nnc(Cn3nccn3)n2-c2ccc(Cl)cc2)CC1. The largest absolute Gasteiger partial charge is 0.339 e. The Labute approximate surface area is 204 Å². The standard InChI is InChI=1S/C23H20Cl2FN7O/c24-16-1-4-18(5-2-16)33-21(14-32-27-9-10-28-32)29-30-22(33)15-7-11-31(12-8-15)23(34)19-13-17(25)3-6-20(19)26/h1-6,9-10,13,15H,7-8,11-12,14H2. The molecule has 1 amide bonds. The second-order valence-corrected chi connectivity index (χ2v) is 8.91. The number of amides is 1. The van der Waals surface area contributed by atoms with E-state index in [2.05, 4.69) is 20.4 Å². The van der Waals surface area contributed by atoms with E-state index in [1.807, 2.05) is 28.8 Å². The molecular weight excluding hydrogens is 480 g/mol. The molecule has 0 radical (unpaired) electrons. The van der Waals surface area contributed by atoms with Crippen LogP contribution in [0.4, 0.5) is 4.39 Å². The number of rotatable bonds is 5. The average Bonchev–Trinajstić information content (AvgIpc) is 3.51. The highest BCUT2D eigenvalue weighted by molar-refractivity contribution is 6.31. The molecule has 8 nitrogen and oxygen atoms in total. The number of halogens is 3. The molecule has 5 rings (SSSR count). The van der Waals surface area contributed by atoms with E-state index in [9.17, 15) is 9.18 Å². The monoisotopic (exact) mass is 499 g/mol. The molecule has 0 N–H and O–H groups in total. The first kappa shape index (κ1) is 22.5. The molecule has 1 saturated heterocycles. The molecule has 1 aliphatic rings. The van der Waals surface area contributed by atoms with E-state index in [1.165, 1.54) is 18.2 Å². The Hall–Kier alpha value is -3.30. The van der Waals surface area contributed by atoms with Gasteiger partial charge < -0.3 is 4.90 Å². The van der Waals surface area contributed by atoms with Crippen molar-refractivity contribution in [3.05, 3.63) is 87.9 Å². The number of carbonyl (C=O) groups excluding carboxylic acids is 1. The summed E-state index contributed by atoms with van der Waals surface area (Å²) in [5, 5.41) is 18.2. The zero-order valence-corrected chi connectivity index (χ0v) is 19.5. The van der Waals surface area contributed by atoms with Crippen LogP contribution in [0, 0.1) is 5.82 Å². The Bertz CT molecular complexity index is 1300. The minimum Gasteiger partial charge on any atom is -0.339 e. The fraction of sp³-hybridized carbons (Fsp3) is 0.261. The summed E-state index contributed by atoms with van der Waals surface area (Å²) in [6, 6.07) is 11.5. The Morgan fingerprint density at radius 2 is 1.65 bits per heavy atom. The van der Waals surface area contributed by atoms with Crippen LogP contribution in [0.1, 0.15) is 40.8 Å². The van der Waals surface area contributed by atoms with E-state index in [-0.39, 0.29) is 17.4 Å². The van der Waals surface area contributed by atoms with Gasteiger partial charge in [-0.15, -0.1) is 10.2 Å². The summed E-state index contributed by atoms with van der Waals surface area (Å²) in [5.41, 5.74) is 0.871. The number of piperidine rings is 1. The van der Waals surface area contributed by atoms with Gasteiger partial charge in [-0.1, -0.05) is 23.2 Å². The topological polar surface area (TPSA) is 81.7 Å². The van der Waals surface area contributed by atoms with Crippen LogP contribution in [-0.4, -0.2) is 53.7 Å². The predicted molar refractivity (Wildman–Crippen MR) is 125 cm³/mol. The number of benzene rings is 2. The molecule has 1 aliphatic heterocycles. The second-order valence-electron chi connectivity index (χ2n) is 8.04. The maximum absolute atomic E-state index is 14.2. The van der Waals surface area contributed by atoms with E-state index in [1.54, 1.807) is 22.1 Å². The average molecular weight is 500 g/mol. The summed E-state index contributed by atoms with van der Waals surface area (Å²) >= 11 is 12.1. The summed E-state index contributed by atoms with van der Waals surface area (Å²) in [6.45, 7) is 1.30. The van der Waals surface area contributed by atoms with Crippen molar-refractivity contribution in [1.29, 1.82) is 0 Å². The van der Waals surface area contributed by atoms with E-state index in [0.717, 1.165) is 11.5 Å². The fourth-order valence-electron chi connectivity index (χ4n) is 4.19. The van der Waals surface area contributed by atoms with E-state index < -0.39 is 5.82 Å². The van der Waals surface area contributed by atoms with Gasteiger partial charge in [-0.3, -0.25) is 9.36 Å². The molecule has 0 aliphatic carbocycles.